The number of rotatable bonds is 4. The maximum atomic E-state index is 12.2. The van der Waals surface area contributed by atoms with E-state index >= 15 is 0 Å². The van der Waals surface area contributed by atoms with Gasteiger partial charge >= 0.3 is 6.03 Å². The van der Waals surface area contributed by atoms with Gasteiger partial charge in [0.15, 0.2) is 0 Å². The predicted molar refractivity (Wildman–Crippen MR) is 91.7 cm³/mol. The van der Waals surface area contributed by atoms with Crippen LogP contribution in [0.1, 0.15) is 32.6 Å². The van der Waals surface area contributed by atoms with Crippen LogP contribution in [-0.2, 0) is 4.79 Å². The Bertz CT molecular complexity index is 712. The topological polar surface area (TPSA) is 84.0 Å². The summed E-state index contributed by atoms with van der Waals surface area (Å²) in [5.74, 6) is -0.313. The summed E-state index contributed by atoms with van der Waals surface area (Å²) in [5, 5.41) is 8.50. The zero-order chi connectivity index (χ0) is 16.2. The number of aromatic nitrogens is 2. The van der Waals surface area contributed by atoms with Crippen molar-refractivity contribution in [1.29, 1.82) is 0 Å². The number of imide groups is 1. The molecule has 0 aliphatic heterocycles. The molecule has 0 radical (unpaired) electrons. The van der Waals surface area contributed by atoms with Gasteiger partial charge in [0.25, 0.3) is 0 Å². The van der Waals surface area contributed by atoms with Gasteiger partial charge in [0, 0.05) is 11.4 Å². The number of thioether (sulfide) groups is 1. The van der Waals surface area contributed by atoms with E-state index in [4.69, 9.17) is 0 Å². The minimum absolute atomic E-state index is 0.193. The first-order valence-corrected chi connectivity index (χ1v) is 9.35. The van der Waals surface area contributed by atoms with E-state index in [1.807, 2.05) is 11.4 Å². The van der Waals surface area contributed by atoms with Crippen molar-refractivity contribution < 1.29 is 9.59 Å². The summed E-state index contributed by atoms with van der Waals surface area (Å²) in [6.45, 7) is 1.77. The lowest BCUT2D eigenvalue weighted by Crippen LogP contribution is -2.45. The van der Waals surface area contributed by atoms with E-state index in [9.17, 15) is 9.59 Å². The minimum atomic E-state index is -0.415. The number of hydrogen-bond donors (Lipinski definition) is 2. The number of carbonyl (C=O) groups is 2. The fourth-order valence-electron chi connectivity index (χ4n) is 2.59. The van der Waals surface area contributed by atoms with Crippen LogP contribution >= 0.6 is 23.1 Å². The van der Waals surface area contributed by atoms with Gasteiger partial charge in [-0.25, -0.2) is 14.8 Å². The summed E-state index contributed by atoms with van der Waals surface area (Å²) in [5.41, 5.74) is 0. The molecule has 23 heavy (non-hydrogen) atoms. The molecule has 2 heterocycles. The van der Waals surface area contributed by atoms with Crippen molar-refractivity contribution in [3.05, 3.63) is 17.8 Å². The maximum absolute atomic E-state index is 12.2. The minimum Gasteiger partial charge on any atom is -0.335 e. The Hall–Kier alpha value is -1.67. The molecule has 1 fully saturated rings. The van der Waals surface area contributed by atoms with Crippen molar-refractivity contribution in [3.63, 3.8) is 0 Å². The largest absolute Gasteiger partial charge is 0.335 e. The molecule has 1 aliphatic carbocycles. The van der Waals surface area contributed by atoms with Gasteiger partial charge in [0.2, 0.25) is 5.91 Å². The van der Waals surface area contributed by atoms with E-state index in [2.05, 4.69) is 20.6 Å². The maximum Gasteiger partial charge on any atom is 0.321 e. The molecular formula is C15H18N4O2S2. The third-order valence-electron chi connectivity index (χ3n) is 3.81. The fourth-order valence-corrected chi connectivity index (χ4v) is 4.29. The molecule has 2 aromatic heterocycles. The number of nitrogens with one attached hydrogen (secondary N) is 2. The summed E-state index contributed by atoms with van der Waals surface area (Å²) < 4.78 is 0. The highest BCUT2D eigenvalue weighted by Gasteiger charge is 2.22. The molecule has 0 aromatic carbocycles. The molecule has 6 nitrogen and oxygen atoms in total. The first-order chi connectivity index (χ1) is 11.1. The van der Waals surface area contributed by atoms with Gasteiger partial charge in [-0.1, -0.05) is 24.6 Å². The Morgan fingerprint density at radius 2 is 2.13 bits per heavy atom. The van der Waals surface area contributed by atoms with Gasteiger partial charge in [0.05, 0.1) is 5.25 Å². The van der Waals surface area contributed by atoms with E-state index in [1.54, 1.807) is 6.92 Å². The molecule has 1 atom stereocenters. The summed E-state index contributed by atoms with van der Waals surface area (Å²) in [6, 6.07) is 1.73. The Morgan fingerprint density at radius 3 is 2.91 bits per heavy atom. The van der Waals surface area contributed by atoms with Crippen LogP contribution in [0.3, 0.4) is 0 Å². The Labute approximate surface area is 142 Å². The average Bonchev–Trinajstić information content (AvgIpc) is 3.18. The van der Waals surface area contributed by atoms with Crippen molar-refractivity contribution in [2.45, 2.75) is 48.9 Å². The second-order valence-electron chi connectivity index (χ2n) is 5.52. The standard InChI is InChI=1S/C15H18N4O2S2/c1-9(12(20)19-15(21)18-10-4-2-3-5-10)23-14-11-6-7-22-13(11)16-8-17-14/h6-10H,2-5H2,1H3,(H2,18,19,20,21)/t9-/m0/s1. The molecule has 1 aliphatic rings. The third-order valence-corrected chi connectivity index (χ3v) is 5.75. The van der Waals surface area contributed by atoms with E-state index < -0.39 is 11.3 Å². The van der Waals surface area contributed by atoms with Crippen LogP contribution in [0.5, 0.6) is 0 Å². The van der Waals surface area contributed by atoms with Crippen molar-refractivity contribution in [2.75, 3.05) is 0 Å². The lowest BCUT2D eigenvalue weighted by Gasteiger charge is -2.14. The Kier molecular flexibility index (Phi) is 5.12. The van der Waals surface area contributed by atoms with Gasteiger partial charge in [-0.15, -0.1) is 11.3 Å². The number of amides is 3. The molecule has 8 heteroatoms. The Morgan fingerprint density at radius 1 is 1.35 bits per heavy atom. The normalized spacial score (nSPS) is 16.4. The predicted octanol–water partition coefficient (Wildman–Crippen LogP) is 2.94. The van der Waals surface area contributed by atoms with E-state index in [-0.39, 0.29) is 11.9 Å². The van der Waals surface area contributed by atoms with Crippen LogP contribution in [0.4, 0.5) is 4.79 Å². The van der Waals surface area contributed by atoms with Gasteiger partial charge in [0.1, 0.15) is 16.2 Å². The molecule has 2 aromatic rings. The molecule has 0 bridgehead atoms. The SMILES string of the molecule is C[C@H](Sc1ncnc2sccc12)C(=O)NC(=O)NC1CCCC1. The highest BCUT2D eigenvalue weighted by molar-refractivity contribution is 8.00. The monoisotopic (exact) mass is 350 g/mol. The number of urea groups is 1. The molecule has 2 N–H and O–H groups in total. The number of hydrogen-bond acceptors (Lipinski definition) is 6. The van der Waals surface area contributed by atoms with Crippen LogP contribution in [-0.4, -0.2) is 33.2 Å². The Balaban J connectivity index is 1.56. The summed E-state index contributed by atoms with van der Waals surface area (Å²) in [7, 11) is 0. The van der Waals surface area contributed by atoms with Gasteiger partial charge in [-0.3, -0.25) is 10.1 Å². The van der Waals surface area contributed by atoms with Crippen LogP contribution in [0, 0.1) is 0 Å². The third kappa shape index (κ3) is 4.00. The zero-order valence-corrected chi connectivity index (χ0v) is 14.4. The molecule has 0 saturated heterocycles. The lowest BCUT2D eigenvalue weighted by atomic mass is 10.2. The molecule has 0 unspecified atom stereocenters. The summed E-state index contributed by atoms with van der Waals surface area (Å²) in [6.07, 6.45) is 5.75. The quantitative estimate of drug-likeness (QED) is 0.654. The molecule has 0 spiro atoms. The fraction of sp³-hybridized carbons (Fsp3) is 0.467. The molecule has 3 amide bonds. The summed E-state index contributed by atoms with van der Waals surface area (Å²) in [4.78, 5) is 33.4. The first kappa shape index (κ1) is 16.2. The number of carbonyl (C=O) groups excluding carboxylic acids is 2. The van der Waals surface area contributed by atoms with Gasteiger partial charge in [-0.05, 0) is 31.2 Å². The van der Waals surface area contributed by atoms with Crippen molar-refractivity contribution in [3.8, 4) is 0 Å². The average molecular weight is 350 g/mol. The second-order valence-corrected chi connectivity index (χ2v) is 7.75. The van der Waals surface area contributed by atoms with Crippen molar-refractivity contribution in [2.24, 2.45) is 0 Å². The zero-order valence-electron chi connectivity index (χ0n) is 12.7. The molecule has 3 rings (SSSR count). The van der Waals surface area contributed by atoms with Crippen LogP contribution in [0.25, 0.3) is 10.2 Å². The van der Waals surface area contributed by atoms with Gasteiger partial charge in [-0.2, -0.15) is 0 Å². The highest BCUT2D eigenvalue weighted by atomic mass is 32.2. The molecule has 122 valence electrons. The molecular weight excluding hydrogens is 332 g/mol. The van der Waals surface area contributed by atoms with E-state index in [0.29, 0.717) is 0 Å². The van der Waals surface area contributed by atoms with Crippen molar-refractivity contribution >= 4 is 45.3 Å². The van der Waals surface area contributed by atoms with E-state index in [1.165, 1.54) is 29.4 Å². The van der Waals surface area contributed by atoms with Crippen LogP contribution in [0.2, 0.25) is 0 Å². The smallest absolute Gasteiger partial charge is 0.321 e. The van der Waals surface area contributed by atoms with Crippen LogP contribution < -0.4 is 10.6 Å². The molecule has 1 saturated carbocycles. The number of nitrogens with zero attached hydrogens (tertiary/aromatic N) is 2. The summed E-state index contributed by atoms with van der Waals surface area (Å²) >= 11 is 2.87. The first-order valence-electron chi connectivity index (χ1n) is 7.59. The lowest BCUT2D eigenvalue weighted by molar-refractivity contribution is -0.119. The second kappa shape index (κ2) is 7.27. The van der Waals surface area contributed by atoms with Gasteiger partial charge < -0.3 is 5.32 Å². The number of fused-ring (bicyclic) bond motifs is 1. The highest BCUT2D eigenvalue weighted by Crippen LogP contribution is 2.30. The van der Waals surface area contributed by atoms with E-state index in [0.717, 1.165) is 40.9 Å². The number of thiophene rings is 1. The van der Waals surface area contributed by atoms with Crippen molar-refractivity contribution in [1.82, 2.24) is 20.6 Å². The van der Waals surface area contributed by atoms with Crippen LogP contribution in [0.15, 0.2) is 22.8 Å².